The highest BCUT2D eigenvalue weighted by molar-refractivity contribution is 5.92. The zero-order valence-electron chi connectivity index (χ0n) is 28.4. The first-order chi connectivity index (χ1) is 21.5. The van der Waals surface area contributed by atoms with E-state index in [-0.39, 0.29) is 24.8 Å². The molecule has 0 saturated heterocycles. The Morgan fingerprint density at radius 2 is 1.00 bits per heavy atom. The van der Waals surface area contributed by atoms with Crippen molar-refractivity contribution in [1.29, 1.82) is 0 Å². The summed E-state index contributed by atoms with van der Waals surface area (Å²) in [5, 5.41) is 1.89. The van der Waals surface area contributed by atoms with Crippen molar-refractivity contribution in [3.8, 4) is 11.5 Å². The molecule has 2 heterocycles. The van der Waals surface area contributed by atoms with Crippen molar-refractivity contribution in [2.45, 2.75) is 112 Å². The van der Waals surface area contributed by atoms with Crippen molar-refractivity contribution >= 4 is 33.7 Å². The van der Waals surface area contributed by atoms with E-state index in [1.165, 1.54) is 0 Å². The maximum absolute atomic E-state index is 12.9. The number of esters is 2. The smallest absolute Gasteiger partial charge is 0.311 e. The van der Waals surface area contributed by atoms with E-state index >= 15 is 0 Å². The number of ether oxygens (including phenoxy) is 2. The normalized spacial score (nSPS) is 12.2. The zero-order valence-corrected chi connectivity index (χ0v) is 28.4. The van der Waals surface area contributed by atoms with E-state index in [9.17, 15) is 9.59 Å². The molecular formula is C37H52N4O4. The lowest BCUT2D eigenvalue weighted by atomic mass is 10.1. The number of aromatic nitrogens is 2. The van der Waals surface area contributed by atoms with Crippen LogP contribution in [0.2, 0.25) is 0 Å². The molecule has 2 aromatic heterocycles. The number of carbonyl (C=O) groups is 2. The standard InChI is InChI=1S/C37H52N4O4/c1-24(2)40(25(3)4)20-18-28-22-38-30-12-9-14-32(36(28)30)44-34(42)16-11-17-35(43)45-33-15-10-13-31-37(33)29(23-39-31)19-21-41(26(5)6)27(7)8/h9-10,12-15,22-27,38-39H,11,16-21H2,1-8H3. The minimum atomic E-state index is -0.358. The first-order valence-corrected chi connectivity index (χ1v) is 16.6. The van der Waals surface area contributed by atoms with Gasteiger partial charge in [0.25, 0.3) is 0 Å². The van der Waals surface area contributed by atoms with Crippen molar-refractivity contribution in [3.63, 3.8) is 0 Å². The molecule has 2 N–H and O–H groups in total. The van der Waals surface area contributed by atoms with E-state index in [0.717, 1.165) is 58.9 Å². The summed E-state index contributed by atoms with van der Waals surface area (Å²) in [6.45, 7) is 19.5. The molecule has 8 heteroatoms. The van der Waals surface area contributed by atoms with E-state index in [1.54, 1.807) is 0 Å². The van der Waals surface area contributed by atoms with E-state index in [1.807, 2.05) is 48.8 Å². The van der Waals surface area contributed by atoms with Crippen LogP contribution in [0.3, 0.4) is 0 Å². The minimum absolute atomic E-state index is 0.125. The van der Waals surface area contributed by atoms with E-state index in [4.69, 9.17) is 9.47 Å². The number of fused-ring (bicyclic) bond motifs is 2. The molecule has 244 valence electrons. The monoisotopic (exact) mass is 616 g/mol. The number of benzene rings is 2. The van der Waals surface area contributed by atoms with Crippen LogP contribution in [0.15, 0.2) is 48.8 Å². The molecule has 0 unspecified atom stereocenters. The lowest BCUT2D eigenvalue weighted by molar-refractivity contribution is -0.135. The van der Waals surface area contributed by atoms with Gasteiger partial charge in [0.1, 0.15) is 11.5 Å². The average molecular weight is 617 g/mol. The fraction of sp³-hybridized carbons (Fsp3) is 0.514. The minimum Gasteiger partial charge on any atom is -0.426 e. The Balaban J connectivity index is 1.34. The molecule has 0 saturated carbocycles. The van der Waals surface area contributed by atoms with Crippen molar-refractivity contribution in [2.24, 2.45) is 0 Å². The summed E-state index contributed by atoms with van der Waals surface area (Å²) in [6.07, 6.45) is 6.31. The van der Waals surface area contributed by atoms with Crippen LogP contribution in [0.25, 0.3) is 21.8 Å². The van der Waals surface area contributed by atoms with Crippen molar-refractivity contribution < 1.29 is 19.1 Å². The van der Waals surface area contributed by atoms with Gasteiger partial charge in [0, 0.05) is 84.3 Å². The number of hydrogen-bond acceptors (Lipinski definition) is 6. The summed E-state index contributed by atoms with van der Waals surface area (Å²) in [7, 11) is 0. The number of hydrogen-bond donors (Lipinski definition) is 2. The van der Waals surface area contributed by atoms with Crippen LogP contribution in [0.5, 0.6) is 11.5 Å². The van der Waals surface area contributed by atoms with Gasteiger partial charge < -0.3 is 19.4 Å². The van der Waals surface area contributed by atoms with E-state index < -0.39 is 0 Å². The number of nitrogens with one attached hydrogen (secondary N) is 2. The molecule has 0 aliphatic carbocycles. The van der Waals surface area contributed by atoms with Gasteiger partial charge in [-0.25, -0.2) is 0 Å². The second-order valence-electron chi connectivity index (χ2n) is 13.1. The second-order valence-corrected chi connectivity index (χ2v) is 13.1. The number of nitrogens with zero attached hydrogens (tertiary/aromatic N) is 2. The quantitative estimate of drug-likeness (QED) is 0.0993. The average Bonchev–Trinajstić information content (AvgIpc) is 3.58. The Hall–Kier alpha value is -3.62. The topological polar surface area (TPSA) is 90.7 Å². The molecule has 45 heavy (non-hydrogen) atoms. The number of carbonyl (C=O) groups excluding carboxylic acids is 2. The highest BCUT2D eigenvalue weighted by Crippen LogP contribution is 2.31. The highest BCUT2D eigenvalue weighted by Gasteiger charge is 2.19. The van der Waals surface area contributed by atoms with Gasteiger partial charge in [-0.15, -0.1) is 0 Å². The Kier molecular flexibility index (Phi) is 11.9. The summed E-state index contributed by atoms with van der Waals surface area (Å²) in [6, 6.07) is 13.2. The lowest BCUT2D eigenvalue weighted by Gasteiger charge is -2.30. The lowest BCUT2D eigenvalue weighted by Crippen LogP contribution is -2.38. The van der Waals surface area contributed by atoms with Gasteiger partial charge in [0.2, 0.25) is 0 Å². The Morgan fingerprint density at radius 3 is 1.36 bits per heavy atom. The Morgan fingerprint density at radius 1 is 0.622 bits per heavy atom. The van der Waals surface area contributed by atoms with Gasteiger partial charge in [-0.3, -0.25) is 19.4 Å². The first kappa shape index (κ1) is 34.3. The molecule has 4 aromatic rings. The van der Waals surface area contributed by atoms with Crippen LogP contribution < -0.4 is 9.47 Å². The number of aromatic amines is 2. The first-order valence-electron chi connectivity index (χ1n) is 16.6. The van der Waals surface area contributed by atoms with E-state index in [2.05, 4.69) is 75.2 Å². The van der Waals surface area contributed by atoms with Crippen LogP contribution >= 0.6 is 0 Å². The van der Waals surface area contributed by atoms with Gasteiger partial charge in [-0.05, 0) is 110 Å². The Labute approximate surface area is 268 Å². The van der Waals surface area contributed by atoms with Crippen molar-refractivity contribution in [1.82, 2.24) is 19.8 Å². The third-order valence-corrected chi connectivity index (χ3v) is 8.64. The van der Waals surface area contributed by atoms with Gasteiger partial charge in [-0.1, -0.05) is 12.1 Å². The van der Waals surface area contributed by atoms with Crippen LogP contribution in [0, 0.1) is 0 Å². The van der Waals surface area contributed by atoms with Gasteiger partial charge in [0.05, 0.1) is 0 Å². The highest BCUT2D eigenvalue weighted by atomic mass is 16.5. The third kappa shape index (κ3) is 8.76. The molecule has 0 aliphatic heterocycles. The predicted molar refractivity (Wildman–Crippen MR) is 183 cm³/mol. The molecule has 2 aromatic carbocycles. The van der Waals surface area contributed by atoms with Crippen molar-refractivity contribution in [3.05, 3.63) is 59.9 Å². The van der Waals surface area contributed by atoms with Gasteiger partial charge in [-0.2, -0.15) is 0 Å². The third-order valence-electron chi connectivity index (χ3n) is 8.64. The summed E-state index contributed by atoms with van der Waals surface area (Å²) in [4.78, 5) is 37.3. The predicted octanol–water partition coefficient (Wildman–Crippen LogP) is 7.65. The summed E-state index contributed by atoms with van der Waals surface area (Å²) >= 11 is 0. The zero-order chi connectivity index (χ0) is 32.7. The SMILES string of the molecule is CC(C)N(CCc1c[nH]c2cccc(OC(=O)CCCC(=O)Oc3cccc4[nH]cc(CCN(C(C)C)C(C)C)c34)c12)C(C)C. The largest absolute Gasteiger partial charge is 0.426 e. The maximum Gasteiger partial charge on any atom is 0.311 e. The summed E-state index contributed by atoms with van der Waals surface area (Å²) in [5.74, 6) is 0.390. The maximum atomic E-state index is 12.9. The van der Waals surface area contributed by atoms with Crippen LogP contribution in [-0.4, -0.2) is 69.0 Å². The fourth-order valence-corrected chi connectivity index (χ4v) is 6.45. The molecular weight excluding hydrogens is 564 g/mol. The van der Waals surface area contributed by atoms with Crippen molar-refractivity contribution in [2.75, 3.05) is 13.1 Å². The molecule has 0 radical (unpaired) electrons. The molecule has 0 bridgehead atoms. The fourth-order valence-electron chi connectivity index (χ4n) is 6.45. The number of H-pyrrole nitrogens is 2. The second kappa shape index (κ2) is 15.6. The van der Waals surface area contributed by atoms with Gasteiger partial charge in [0.15, 0.2) is 0 Å². The van der Waals surface area contributed by atoms with Gasteiger partial charge >= 0.3 is 11.9 Å². The summed E-state index contributed by atoms with van der Waals surface area (Å²) in [5.41, 5.74) is 4.14. The van der Waals surface area contributed by atoms with Crippen LogP contribution in [0.4, 0.5) is 0 Å². The summed E-state index contributed by atoms with van der Waals surface area (Å²) < 4.78 is 11.7. The molecule has 0 amide bonds. The van der Waals surface area contributed by atoms with Crippen LogP contribution in [-0.2, 0) is 22.4 Å². The Bertz CT molecular complexity index is 1430. The number of rotatable bonds is 16. The van der Waals surface area contributed by atoms with E-state index in [0.29, 0.717) is 42.1 Å². The molecule has 0 aliphatic rings. The van der Waals surface area contributed by atoms with Crippen LogP contribution in [0.1, 0.15) is 85.8 Å². The molecule has 8 nitrogen and oxygen atoms in total. The molecule has 4 rings (SSSR count). The molecule has 0 atom stereocenters. The molecule has 0 fully saturated rings. The molecule has 0 spiro atoms.